The Balaban J connectivity index is 2.20. The van der Waals surface area contributed by atoms with Crippen molar-refractivity contribution in [1.82, 2.24) is 15.2 Å². The molecular formula is C10H12N4O3S. The molecule has 18 heavy (non-hydrogen) atoms. The van der Waals surface area contributed by atoms with E-state index >= 15 is 0 Å². The minimum atomic E-state index is -0.424. The zero-order chi connectivity index (χ0) is 13.3. The predicted octanol–water partition coefficient (Wildman–Crippen LogP) is -0.254. The Kier molecular flexibility index (Phi) is 3.30. The second-order valence-electron chi connectivity index (χ2n) is 3.87. The molecule has 1 aliphatic heterocycles. The summed E-state index contributed by atoms with van der Waals surface area (Å²) in [5.41, 5.74) is 2.65. The molecule has 0 aromatic carbocycles. The van der Waals surface area contributed by atoms with Crippen LogP contribution in [-0.4, -0.2) is 41.2 Å². The Labute approximate surface area is 107 Å². The molecule has 0 aliphatic carbocycles. The molecule has 1 aromatic rings. The molecule has 3 N–H and O–H groups in total. The molecule has 0 spiro atoms. The molecule has 8 heteroatoms. The van der Waals surface area contributed by atoms with Gasteiger partial charge < -0.3 is 4.90 Å². The largest absolute Gasteiger partial charge is 0.327 e. The molecule has 4 amide bonds. The summed E-state index contributed by atoms with van der Waals surface area (Å²) in [5, 5.41) is 1.72. The molecule has 1 aromatic heterocycles. The monoisotopic (exact) mass is 268 g/mol. The van der Waals surface area contributed by atoms with Gasteiger partial charge in [0.25, 0.3) is 11.8 Å². The van der Waals surface area contributed by atoms with Crippen molar-refractivity contribution in [2.75, 3.05) is 13.6 Å². The number of rotatable bonds is 3. The lowest BCUT2D eigenvalue weighted by Gasteiger charge is -2.14. The van der Waals surface area contributed by atoms with Crippen molar-refractivity contribution < 1.29 is 14.4 Å². The summed E-state index contributed by atoms with van der Waals surface area (Å²) in [6, 6.07) is 1.35. The van der Waals surface area contributed by atoms with Crippen LogP contribution in [0.15, 0.2) is 11.4 Å². The number of imide groups is 1. The van der Waals surface area contributed by atoms with Crippen LogP contribution in [0.3, 0.4) is 0 Å². The number of hydrogen-bond donors (Lipinski definition) is 2. The van der Waals surface area contributed by atoms with E-state index in [1.165, 1.54) is 16.2 Å². The quantitative estimate of drug-likeness (QED) is 0.342. The number of amides is 4. The van der Waals surface area contributed by atoms with Crippen LogP contribution in [0.4, 0.5) is 4.79 Å². The summed E-state index contributed by atoms with van der Waals surface area (Å²) in [5.74, 6) is 4.37. The standard InChI is InChI=1S/C10H12N4O3S/c1-13-5-7(15)14(10(13)17)4-6-2-3-18-8(6)9(16)12-11/h2-3H,4-5,11H2,1H3,(H,12,16). The molecule has 0 bridgehead atoms. The molecule has 0 atom stereocenters. The first-order chi connectivity index (χ1) is 8.54. The lowest BCUT2D eigenvalue weighted by atomic mass is 10.2. The Morgan fingerprint density at radius 1 is 1.56 bits per heavy atom. The average molecular weight is 268 g/mol. The maximum atomic E-state index is 11.7. The highest BCUT2D eigenvalue weighted by Crippen LogP contribution is 2.20. The normalized spacial score (nSPS) is 15.4. The number of urea groups is 1. The molecule has 7 nitrogen and oxygen atoms in total. The number of hydrogen-bond acceptors (Lipinski definition) is 5. The van der Waals surface area contributed by atoms with Gasteiger partial charge in [-0.3, -0.25) is 19.9 Å². The number of nitrogens with two attached hydrogens (primary N) is 1. The van der Waals surface area contributed by atoms with Gasteiger partial charge in [0, 0.05) is 7.05 Å². The van der Waals surface area contributed by atoms with Crippen molar-refractivity contribution in [2.45, 2.75) is 6.54 Å². The van der Waals surface area contributed by atoms with Crippen LogP contribution in [0.25, 0.3) is 0 Å². The third-order valence-corrected chi connectivity index (χ3v) is 3.60. The number of carbonyl (C=O) groups is 3. The van der Waals surface area contributed by atoms with Crippen LogP contribution in [0, 0.1) is 0 Å². The first kappa shape index (κ1) is 12.5. The van der Waals surface area contributed by atoms with E-state index in [1.54, 1.807) is 18.5 Å². The van der Waals surface area contributed by atoms with Gasteiger partial charge in [0.05, 0.1) is 11.4 Å². The summed E-state index contributed by atoms with van der Waals surface area (Å²) in [7, 11) is 1.56. The fourth-order valence-corrected chi connectivity index (χ4v) is 2.54. The number of nitrogens with zero attached hydrogens (tertiary/aromatic N) is 2. The second-order valence-corrected chi connectivity index (χ2v) is 4.78. The molecule has 1 aliphatic rings. The topological polar surface area (TPSA) is 95.7 Å². The van der Waals surface area contributed by atoms with E-state index in [2.05, 4.69) is 0 Å². The molecule has 96 valence electrons. The fraction of sp³-hybridized carbons (Fsp3) is 0.300. The first-order valence-electron chi connectivity index (χ1n) is 5.17. The van der Waals surface area contributed by atoms with Crippen LogP contribution in [0.1, 0.15) is 15.2 Å². The van der Waals surface area contributed by atoms with E-state index < -0.39 is 5.91 Å². The number of nitrogens with one attached hydrogen (secondary N) is 1. The minimum absolute atomic E-state index is 0.0708. The Morgan fingerprint density at radius 3 is 2.83 bits per heavy atom. The highest BCUT2D eigenvalue weighted by molar-refractivity contribution is 7.12. The summed E-state index contributed by atoms with van der Waals surface area (Å²) >= 11 is 1.21. The van der Waals surface area contributed by atoms with E-state index in [0.717, 1.165) is 4.90 Å². The van der Waals surface area contributed by atoms with Gasteiger partial charge in [-0.05, 0) is 17.0 Å². The van der Waals surface area contributed by atoms with Crippen LogP contribution in [-0.2, 0) is 11.3 Å². The molecule has 2 rings (SSSR count). The van der Waals surface area contributed by atoms with Crippen molar-refractivity contribution in [1.29, 1.82) is 0 Å². The number of likely N-dealkylation sites (N-methyl/N-ethyl adjacent to an activating group) is 1. The number of carbonyl (C=O) groups excluding carboxylic acids is 3. The highest BCUT2D eigenvalue weighted by atomic mass is 32.1. The van der Waals surface area contributed by atoms with Crippen LogP contribution in [0.5, 0.6) is 0 Å². The summed E-state index contributed by atoms with van der Waals surface area (Å²) < 4.78 is 0. The van der Waals surface area contributed by atoms with E-state index in [4.69, 9.17) is 5.84 Å². The molecule has 0 unspecified atom stereocenters. The van der Waals surface area contributed by atoms with Crippen molar-refractivity contribution in [3.05, 3.63) is 21.9 Å². The third-order valence-electron chi connectivity index (χ3n) is 2.64. The summed E-state index contributed by atoms with van der Waals surface area (Å²) in [6.07, 6.45) is 0. The molecule has 1 saturated heterocycles. The molecule has 0 radical (unpaired) electrons. The molecular weight excluding hydrogens is 256 g/mol. The average Bonchev–Trinajstić information content (AvgIpc) is 2.89. The van der Waals surface area contributed by atoms with Gasteiger partial charge in [0.15, 0.2) is 0 Å². The van der Waals surface area contributed by atoms with Crippen molar-refractivity contribution in [3.8, 4) is 0 Å². The van der Waals surface area contributed by atoms with Gasteiger partial charge in [0.1, 0.15) is 6.54 Å². The van der Waals surface area contributed by atoms with Gasteiger partial charge in [0.2, 0.25) is 0 Å². The SMILES string of the molecule is CN1CC(=O)N(Cc2ccsc2C(=O)NN)C1=O. The summed E-state index contributed by atoms with van der Waals surface area (Å²) in [4.78, 5) is 37.6. The van der Waals surface area contributed by atoms with Gasteiger partial charge in [-0.15, -0.1) is 11.3 Å². The van der Waals surface area contributed by atoms with Crippen LogP contribution in [0.2, 0.25) is 0 Å². The lowest BCUT2D eigenvalue weighted by molar-refractivity contribution is -0.125. The third kappa shape index (κ3) is 2.07. The van der Waals surface area contributed by atoms with Crippen molar-refractivity contribution >= 4 is 29.2 Å². The van der Waals surface area contributed by atoms with Crippen LogP contribution < -0.4 is 11.3 Å². The van der Waals surface area contributed by atoms with Crippen molar-refractivity contribution in [3.63, 3.8) is 0 Å². The minimum Gasteiger partial charge on any atom is -0.318 e. The Morgan fingerprint density at radius 2 is 2.28 bits per heavy atom. The fourth-order valence-electron chi connectivity index (χ4n) is 1.72. The number of nitrogen functional groups attached to an aromatic ring is 1. The molecule has 1 fully saturated rings. The maximum absolute atomic E-state index is 11.7. The van der Waals surface area contributed by atoms with Crippen LogP contribution >= 0.6 is 11.3 Å². The first-order valence-corrected chi connectivity index (χ1v) is 6.05. The van der Waals surface area contributed by atoms with Gasteiger partial charge in [-0.2, -0.15) is 0 Å². The zero-order valence-electron chi connectivity index (χ0n) is 9.67. The lowest BCUT2D eigenvalue weighted by Crippen LogP contribution is -2.33. The van der Waals surface area contributed by atoms with E-state index in [-0.39, 0.29) is 25.0 Å². The number of thiophene rings is 1. The van der Waals surface area contributed by atoms with Gasteiger partial charge in [-0.25, -0.2) is 10.6 Å². The van der Waals surface area contributed by atoms with E-state index in [0.29, 0.717) is 10.4 Å². The predicted molar refractivity (Wildman–Crippen MR) is 64.5 cm³/mol. The Hall–Kier alpha value is -1.93. The number of hydrazine groups is 1. The second kappa shape index (κ2) is 4.75. The smallest absolute Gasteiger partial charge is 0.318 e. The van der Waals surface area contributed by atoms with E-state index in [9.17, 15) is 14.4 Å². The zero-order valence-corrected chi connectivity index (χ0v) is 10.5. The molecule has 0 saturated carbocycles. The van der Waals surface area contributed by atoms with Crippen molar-refractivity contribution in [2.24, 2.45) is 5.84 Å². The Bertz CT molecular complexity index is 513. The van der Waals surface area contributed by atoms with Gasteiger partial charge >= 0.3 is 6.03 Å². The maximum Gasteiger partial charge on any atom is 0.327 e. The highest BCUT2D eigenvalue weighted by Gasteiger charge is 2.34. The van der Waals surface area contributed by atoms with Gasteiger partial charge in [-0.1, -0.05) is 0 Å². The molecule has 2 heterocycles. The van der Waals surface area contributed by atoms with E-state index in [1.807, 2.05) is 5.43 Å². The summed E-state index contributed by atoms with van der Waals surface area (Å²) in [6.45, 7) is 0.162.